The van der Waals surface area contributed by atoms with Crippen LogP contribution in [0.1, 0.15) is 25.3 Å². The molecule has 100 valence electrons. The van der Waals surface area contributed by atoms with Crippen molar-refractivity contribution in [2.75, 3.05) is 26.2 Å². The van der Waals surface area contributed by atoms with Gasteiger partial charge in [0.1, 0.15) is 5.82 Å². The van der Waals surface area contributed by atoms with Gasteiger partial charge in [0.05, 0.1) is 0 Å². The lowest BCUT2D eigenvalue weighted by molar-refractivity contribution is 0.239. The molecule has 1 heterocycles. The summed E-state index contributed by atoms with van der Waals surface area (Å²) in [6.07, 6.45) is 3.44. The molecular weight excluding hydrogens is 227 g/mol. The highest BCUT2D eigenvalue weighted by molar-refractivity contribution is 5.16. The van der Waals surface area contributed by atoms with Crippen LogP contribution >= 0.6 is 0 Å². The molecule has 2 nitrogen and oxygen atoms in total. The van der Waals surface area contributed by atoms with E-state index in [1.807, 2.05) is 12.1 Å². The van der Waals surface area contributed by atoms with E-state index in [1.165, 1.54) is 24.9 Å². The third-order valence-electron chi connectivity index (χ3n) is 3.65. The summed E-state index contributed by atoms with van der Waals surface area (Å²) < 4.78 is 12.8. The number of halogens is 1. The molecule has 3 heteroatoms. The molecule has 1 unspecified atom stereocenters. The van der Waals surface area contributed by atoms with Crippen molar-refractivity contribution in [2.45, 2.75) is 32.2 Å². The minimum Gasteiger partial charge on any atom is -0.314 e. The van der Waals surface area contributed by atoms with Gasteiger partial charge in [0.15, 0.2) is 0 Å². The normalized spacial score (nSPS) is 22.4. The molecule has 1 aromatic carbocycles. The minimum atomic E-state index is -0.148. The average molecular weight is 250 g/mol. The lowest BCUT2D eigenvalue weighted by Crippen LogP contribution is -2.39. The van der Waals surface area contributed by atoms with Crippen LogP contribution in [0.3, 0.4) is 0 Å². The SMILES string of the molecule is CC1CCN(CCc2ccc(F)cc2)CCCN1. The molecule has 0 amide bonds. The summed E-state index contributed by atoms with van der Waals surface area (Å²) in [5.74, 6) is -0.148. The summed E-state index contributed by atoms with van der Waals surface area (Å²) in [6, 6.07) is 7.51. The number of nitrogens with zero attached hydrogens (tertiary/aromatic N) is 1. The molecule has 1 aromatic rings. The van der Waals surface area contributed by atoms with E-state index in [0.717, 1.165) is 26.1 Å². The van der Waals surface area contributed by atoms with E-state index in [1.54, 1.807) is 12.1 Å². The van der Waals surface area contributed by atoms with Crippen molar-refractivity contribution in [3.8, 4) is 0 Å². The number of benzene rings is 1. The second kappa shape index (κ2) is 6.86. The van der Waals surface area contributed by atoms with Gasteiger partial charge in [-0.05, 0) is 63.5 Å². The van der Waals surface area contributed by atoms with Gasteiger partial charge in [-0.25, -0.2) is 4.39 Å². The van der Waals surface area contributed by atoms with Crippen LogP contribution in [0.2, 0.25) is 0 Å². The molecule has 0 saturated carbocycles. The van der Waals surface area contributed by atoms with Gasteiger partial charge in [-0.1, -0.05) is 12.1 Å². The minimum absolute atomic E-state index is 0.148. The van der Waals surface area contributed by atoms with Gasteiger partial charge in [0, 0.05) is 12.6 Å². The van der Waals surface area contributed by atoms with Crippen LogP contribution in [-0.2, 0) is 6.42 Å². The highest BCUT2D eigenvalue weighted by Gasteiger charge is 2.11. The lowest BCUT2D eigenvalue weighted by Gasteiger charge is -2.27. The molecule has 18 heavy (non-hydrogen) atoms. The predicted octanol–water partition coefficient (Wildman–Crippen LogP) is 2.44. The Balaban J connectivity index is 1.79. The maximum Gasteiger partial charge on any atom is 0.123 e. The second-order valence-corrected chi connectivity index (χ2v) is 5.22. The molecule has 1 atom stereocenters. The fourth-order valence-electron chi connectivity index (χ4n) is 2.40. The first kappa shape index (κ1) is 13.5. The smallest absolute Gasteiger partial charge is 0.123 e. The van der Waals surface area contributed by atoms with Gasteiger partial charge in [0.25, 0.3) is 0 Å². The molecule has 0 radical (unpaired) electrons. The van der Waals surface area contributed by atoms with E-state index in [9.17, 15) is 4.39 Å². The van der Waals surface area contributed by atoms with Crippen molar-refractivity contribution < 1.29 is 4.39 Å². The Hall–Kier alpha value is -0.930. The Labute approximate surface area is 109 Å². The number of hydrogen-bond donors (Lipinski definition) is 1. The Bertz CT molecular complexity index is 350. The van der Waals surface area contributed by atoms with E-state index in [-0.39, 0.29) is 5.82 Å². The van der Waals surface area contributed by atoms with Gasteiger partial charge >= 0.3 is 0 Å². The van der Waals surface area contributed by atoms with Gasteiger partial charge < -0.3 is 10.2 Å². The zero-order valence-electron chi connectivity index (χ0n) is 11.2. The Morgan fingerprint density at radius 2 is 2.06 bits per heavy atom. The molecule has 2 rings (SSSR count). The summed E-state index contributed by atoms with van der Waals surface area (Å²) in [4.78, 5) is 2.53. The molecule has 1 aliphatic heterocycles. The zero-order chi connectivity index (χ0) is 12.8. The first-order valence-corrected chi connectivity index (χ1v) is 6.94. The third-order valence-corrected chi connectivity index (χ3v) is 3.65. The van der Waals surface area contributed by atoms with Crippen LogP contribution in [0.5, 0.6) is 0 Å². The van der Waals surface area contributed by atoms with Crippen LogP contribution in [0.25, 0.3) is 0 Å². The Kier molecular flexibility index (Phi) is 5.14. The largest absolute Gasteiger partial charge is 0.314 e. The van der Waals surface area contributed by atoms with E-state index >= 15 is 0 Å². The molecule has 1 fully saturated rings. The topological polar surface area (TPSA) is 15.3 Å². The molecule has 1 N–H and O–H groups in total. The molecule has 1 aliphatic rings. The Morgan fingerprint density at radius 3 is 2.83 bits per heavy atom. The van der Waals surface area contributed by atoms with Crippen LogP contribution in [0.4, 0.5) is 4.39 Å². The van der Waals surface area contributed by atoms with Crippen LogP contribution in [0, 0.1) is 5.82 Å². The summed E-state index contributed by atoms with van der Waals surface area (Å²) in [5, 5.41) is 3.52. The predicted molar refractivity (Wildman–Crippen MR) is 73.2 cm³/mol. The summed E-state index contributed by atoms with van der Waals surface area (Å²) in [7, 11) is 0. The van der Waals surface area contributed by atoms with Gasteiger partial charge in [-0.15, -0.1) is 0 Å². The number of hydrogen-bond acceptors (Lipinski definition) is 2. The van der Waals surface area contributed by atoms with Gasteiger partial charge in [0.2, 0.25) is 0 Å². The lowest BCUT2D eigenvalue weighted by atomic mass is 10.1. The van der Waals surface area contributed by atoms with Gasteiger partial charge in [-0.2, -0.15) is 0 Å². The van der Waals surface area contributed by atoms with Crippen molar-refractivity contribution in [2.24, 2.45) is 0 Å². The molecule has 0 aliphatic carbocycles. The second-order valence-electron chi connectivity index (χ2n) is 5.22. The van der Waals surface area contributed by atoms with Gasteiger partial charge in [-0.3, -0.25) is 0 Å². The molecular formula is C15H23FN2. The zero-order valence-corrected chi connectivity index (χ0v) is 11.2. The first-order valence-electron chi connectivity index (χ1n) is 6.94. The van der Waals surface area contributed by atoms with E-state index in [2.05, 4.69) is 17.1 Å². The maximum absolute atomic E-state index is 12.8. The van der Waals surface area contributed by atoms with Crippen molar-refractivity contribution in [3.05, 3.63) is 35.6 Å². The van der Waals surface area contributed by atoms with Crippen LogP contribution in [-0.4, -0.2) is 37.1 Å². The first-order chi connectivity index (χ1) is 8.74. The number of rotatable bonds is 3. The summed E-state index contributed by atoms with van der Waals surface area (Å²) >= 11 is 0. The maximum atomic E-state index is 12.8. The van der Waals surface area contributed by atoms with Crippen molar-refractivity contribution in [1.29, 1.82) is 0 Å². The summed E-state index contributed by atoms with van der Waals surface area (Å²) in [5.41, 5.74) is 1.23. The molecule has 1 saturated heterocycles. The standard InChI is InChI=1S/C15H23FN2/c1-13-7-11-18(10-2-9-17-13)12-8-14-3-5-15(16)6-4-14/h3-6,13,17H,2,7-12H2,1H3. The quantitative estimate of drug-likeness (QED) is 0.886. The highest BCUT2D eigenvalue weighted by atomic mass is 19.1. The monoisotopic (exact) mass is 250 g/mol. The highest BCUT2D eigenvalue weighted by Crippen LogP contribution is 2.07. The average Bonchev–Trinajstić information content (AvgIpc) is 2.36. The third kappa shape index (κ3) is 4.39. The van der Waals surface area contributed by atoms with Crippen LogP contribution in [0.15, 0.2) is 24.3 Å². The van der Waals surface area contributed by atoms with Crippen molar-refractivity contribution >= 4 is 0 Å². The van der Waals surface area contributed by atoms with Crippen molar-refractivity contribution in [1.82, 2.24) is 10.2 Å². The van der Waals surface area contributed by atoms with E-state index in [0.29, 0.717) is 6.04 Å². The fourth-order valence-corrected chi connectivity index (χ4v) is 2.40. The molecule has 0 spiro atoms. The van der Waals surface area contributed by atoms with Crippen LogP contribution < -0.4 is 5.32 Å². The Morgan fingerprint density at radius 1 is 1.28 bits per heavy atom. The number of nitrogens with one attached hydrogen (secondary N) is 1. The van der Waals surface area contributed by atoms with E-state index < -0.39 is 0 Å². The molecule has 0 bridgehead atoms. The van der Waals surface area contributed by atoms with E-state index in [4.69, 9.17) is 0 Å². The van der Waals surface area contributed by atoms with Crippen molar-refractivity contribution in [3.63, 3.8) is 0 Å². The fraction of sp³-hybridized carbons (Fsp3) is 0.600. The summed E-state index contributed by atoms with van der Waals surface area (Å²) in [6.45, 7) is 6.78. The molecule has 0 aromatic heterocycles.